The highest BCUT2D eigenvalue weighted by Crippen LogP contribution is 2.21. The van der Waals surface area contributed by atoms with E-state index in [4.69, 9.17) is 0 Å². The number of pyridine rings is 1. The summed E-state index contributed by atoms with van der Waals surface area (Å²) in [6.07, 6.45) is 3.23. The van der Waals surface area contributed by atoms with Gasteiger partial charge in [0.05, 0.1) is 11.2 Å². The van der Waals surface area contributed by atoms with E-state index in [1.54, 1.807) is 6.20 Å². The number of anilines is 1. The van der Waals surface area contributed by atoms with Crippen molar-refractivity contribution in [1.29, 1.82) is 0 Å². The molecule has 0 unspecified atom stereocenters. The standard InChI is InChI=1S/C15H18N2O/c1-11(2)8-9-15(18)17-14-7-3-6-13-12(14)5-4-10-16-13/h3-7,10-11H,8-9H2,1-2H3,(H,17,18). The number of carbonyl (C=O) groups excluding carboxylic acids is 1. The summed E-state index contributed by atoms with van der Waals surface area (Å²) in [7, 11) is 0. The van der Waals surface area contributed by atoms with Crippen molar-refractivity contribution in [2.45, 2.75) is 26.7 Å². The van der Waals surface area contributed by atoms with Crippen LogP contribution in [0.3, 0.4) is 0 Å². The topological polar surface area (TPSA) is 42.0 Å². The summed E-state index contributed by atoms with van der Waals surface area (Å²) in [5, 5.41) is 3.95. The van der Waals surface area contributed by atoms with Crippen molar-refractivity contribution in [3.63, 3.8) is 0 Å². The zero-order chi connectivity index (χ0) is 13.0. The van der Waals surface area contributed by atoms with Crippen LogP contribution in [0.15, 0.2) is 36.5 Å². The Kier molecular flexibility index (Phi) is 3.92. The predicted octanol–water partition coefficient (Wildman–Crippen LogP) is 3.61. The highest BCUT2D eigenvalue weighted by molar-refractivity contribution is 6.00. The molecule has 0 fully saturated rings. The van der Waals surface area contributed by atoms with Crippen LogP contribution < -0.4 is 5.32 Å². The van der Waals surface area contributed by atoms with Crippen LogP contribution in [0.2, 0.25) is 0 Å². The highest BCUT2D eigenvalue weighted by atomic mass is 16.1. The first-order valence-electron chi connectivity index (χ1n) is 6.30. The molecule has 1 N–H and O–H groups in total. The number of hydrogen-bond acceptors (Lipinski definition) is 2. The van der Waals surface area contributed by atoms with Gasteiger partial charge in [0.2, 0.25) is 5.91 Å². The first-order valence-corrected chi connectivity index (χ1v) is 6.30. The number of carbonyl (C=O) groups is 1. The molecule has 0 saturated heterocycles. The van der Waals surface area contributed by atoms with E-state index in [9.17, 15) is 4.79 Å². The molecule has 0 atom stereocenters. The summed E-state index contributed by atoms with van der Waals surface area (Å²) >= 11 is 0. The lowest BCUT2D eigenvalue weighted by atomic mass is 10.1. The van der Waals surface area contributed by atoms with Gasteiger partial charge in [-0.2, -0.15) is 0 Å². The molecule has 0 aliphatic carbocycles. The van der Waals surface area contributed by atoms with Crippen LogP contribution in [-0.2, 0) is 4.79 Å². The third-order valence-corrected chi connectivity index (χ3v) is 2.87. The fraction of sp³-hybridized carbons (Fsp3) is 0.333. The zero-order valence-electron chi connectivity index (χ0n) is 10.8. The molecule has 1 aromatic carbocycles. The van der Waals surface area contributed by atoms with Gasteiger partial charge in [-0.25, -0.2) is 0 Å². The van der Waals surface area contributed by atoms with Gasteiger partial charge in [-0.15, -0.1) is 0 Å². The number of benzene rings is 1. The lowest BCUT2D eigenvalue weighted by Gasteiger charge is -2.09. The lowest BCUT2D eigenvalue weighted by molar-refractivity contribution is -0.116. The number of rotatable bonds is 4. The van der Waals surface area contributed by atoms with Crippen molar-refractivity contribution < 1.29 is 4.79 Å². The first-order chi connectivity index (χ1) is 8.66. The number of nitrogens with zero attached hydrogens (tertiary/aromatic N) is 1. The first kappa shape index (κ1) is 12.6. The van der Waals surface area contributed by atoms with Crippen molar-refractivity contribution in [2.24, 2.45) is 5.92 Å². The van der Waals surface area contributed by atoms with Crippen molar-refractivity contribution in [3.8, 4) is 0 Å². The largest absolute Gasteiger partial charge is 0.325 e. The van der Waals surface area contributed by atoms with Gasteiger partial charge in [0.25, 0.3) is 0 Å². The Morgan fingerprint density at radius 3 is 2.89 bits per heavy atom. The Morgan fingerprint density at radius 1 is 1.28 bits per heavy atom. The van der Waals surface area contributed by atoms with Gasteiger partial charge >= 0.3 is 0 Å². The van der Waals surface area contributed by atoms with Gasteiger partial charge in [-0.05, 0) is 36.6 Å². The molecule has 1 aromatic heterocycles. The van der Waals surface area contributed by atoms with E-state index in [0.29, 0.717) is 12.3 Å². The maximum atomic E-state index is 11.8. The fourth-order valence-corrected chi connectivity index (χ4v) is 1.84. The zero-order valence-corrected chi connectivity index (χ0v) is 10.8. The molecule has 0 saturated carbocycles. The minimum Gasteiger partial charge on any atom is -0.325 e. The van der Waals surface area contributed by atoms with Crippen LogP contribution in [0.4, 0.5) is 5.69 Å². The van der Waals surface area contributed by atoms with Crippen molar-refractivity contribution >= 4 is 22.5 Å². The minimum absolute atomic E-state index is 0.0695. The summed E-state index contributed by atoms with van der Waals surface area (Å²) in [6, 6.07) is 9.62. The van der Waals surface area contributed by atoms with Crippen molar-refractivity contribution in [2.75, 3.05) is 5.32 Å². The van der Waals surface area contributed by atoms with E-state index >= 15 is 0 Å². The third-order valence-electron chi connectivity index (χ3n) is 2.87. The molecule has 1 heterocycles. The van der Waals surface area contributed by atoms with Crippen molar-refractivity contribution in [3.05, 3.63) is 36.5 Å². The molecule has 94 valence electrons. The normalized spacial score (nSPS) is 10.8. The summed E-state index contributed by atoms with van der Waals surface area (Å²) in [5.74, 6) is 0.616. The minimum atomic E-state index is 0.0695. The summed E-state index contributed by atoms with van der Waals surface area (Å²) < 4.78 is 0. The molecule has 3 heteroatoms. The molecule has 0 aliphatic rings. The van der Waals surface area contributed by atoms with Crippen LogP contribution >= 0.6 is 0 Å². The maximum absolute atomic E-state index is 11.8. The Bertz CT molecular complexity index is 544. The number of nitrogens with one attached hydrogen (secondary N) is 1. The average molecular weight is 242 g/mol. The second kappa shape index (κ2) is 5.63. The molecule has 1 amide bonds. The molecular formula is C15H18N2O. The molecule has 0 radical (unpaired) electrons. The molecule has 0 aliphatic heterocycles. The second-order valence-corrected chi connectivity index (χ2v) is 4.86. The number of aromatic nitrogens is 1. The summed E-state index contributed by atoms with van der Waals surface area (Å²) in [6.45, 7) is 4.24. The summed E-state index contributed by atoms with van der Waals surface area (Å²) in [5.41, 5.74) is 1.74. The third kappa shape index (κ3) is 3.06. The fourth-order valence-electron chi connectivity index (χ4n) is 1.84. The van der Waals surface area contributed by atoms with E-state index in [-0.39, 0.29) is 5.91 Å². The van der Waals surface area contributed by atoms with E-state index in [1.165, 1.54) is 0 Å². The smallest absolute Gasteiger partial charge is 0.224 e. The maximum Gasteiger partial charge on any atom is 0.224 e. The number of fused-ring (bicyclic) bond motifs is 1. The SMILES string of the molecule is CC(C)CCC(=O)Nc1cccc2ncccc12. The lowest BCUT2D eigenvalue weighted by Crippen LogP contribution is -2.12. The average Bonchev–Trinajstić information content (AvgIpc) is 2.37. The van der Waals surface area contributed by atoms with Gasteiger partial charge in [0, 0.05) is 18.0 Å². The van der Waals surface area contributed by atoms with Crippen molar-refractivity contribution in [1.82, 2.24) is 4.98 Å². The molecule has 0 spiro atoms. The summed E-state index contributed by atoms with van der Waals surface area (Å²) in [4.78, 5) is 16.1. The van der Waals surface area contributed by atoms with Crippen LogP contribution in [-0.4, -0.2) is 10.9 Å². The quantitative estimate of drug-likeness (QED) is 0.889. The van der Waals surface area contributed by atoms with Crippen LogP contribution in [0.1, 0.15) is 26.7 Å². The predicted molar refractivity (Wildman–Crippen MR) is 74.4 cm³/mol. The van der Waals surface area contributed by atoms with Gasteiger partial charge < -0.3 is 5.32 Å². The van der Waals surface area contributed by atoms with Gasteiger partial charge in [-0.1, -0.05) is 19.9 Å². The van der Waals surface area contributed by atoms with Gasteiger partial charge in [-0.3, -0.25) is 9.78 Å². The van der Waals surface area contributed by atoms with E-state index in [0.717, 1.165) is 23.0 Å². The molecule has 3 nitrogen and oxygen atoms in total. The number of hydrogen-bond donors (Lipinski definition) is 1. The molecule has 18 heavy (non-hydrogen) atoms. The molecule has 2 rings (SSSR count). The van der Waals surface area contributed by atoms with Crippen LogP contribution in [0, 0.1) is 5.92 Å². The Hall–Kier alpha value is -1.90. The van der Waals surface area contributed by atoms with E-state index < -0.39 is 0 Å². The molecule has 0 bridgehead atoms. The highest BCUT2D eigenvalue weighted by Gasteiger charge is 2.06. The van der Waals surface area contributed by atoms with E-state index in [1.807, 2.05) is 30.3 Å². The number of amides is 1. The van der Waals surface area contributed by atoms with Gasteiger partial charge in [0.15, 0.2) is 0 Å². The van der Waals surface area contributed by atoms with Crippen LogP contribution in [0.5, 0.6) is 0 Å². The Labute approximate surface area is 107 Å². The molecular weight excluding hydrogens is 224 g/mol. The van der Waals surface area contributed by atoms with Crippen LogP contribution in [0.25, 0.3) is 10.9 Å². The van der Waals surface area contributed by atoms with E-state index in [2.05, 4.69) is 24.1 Å². The second-order valence-electron chi connectivity index (χ2n) is 4.86. The Morgan fingerprint density at radius 2 is 2.11 bits per heavy atom. The Balaban J connectivity index is 2.14. The molecule has 2 aromatic rings. The monoisotopic (exact) mass is 242 g/mol. The van der Waals surface area contributed by atoms with Gasteiger partial charge in [0.1, 0.15) is 0 Å².